The summed E-state index contributed by atoms with van der Waals surface area (Å²) in [6, 6.07) is 5.38. The number of methoxy groups -OCH3 is 1. The van der Waals surface area contributed by atoms with Gasteiger partial charge >= 0.3 is 6.61 Å². The van der Waals surface area contributed by atoms with Crippen LogP contribution >= 0.6 is 0 Å². The maximum atomic E-state index is 12.7. The molecule has 0 saturated carbocycles. The van der Waals surface area contributed by atoms with E-state index in [4.69, 9.17) is 4.74 Å². The largest absolute Gasteiger partial charge is 0.493 e. The lowest BCUT2D eigenvalue weighted by Gasteiger charge is -2.38. The van der Waals surface area contributed by atoms with E-state index in [1.165, 1.54) is 7.11 Å². The summed E-state index contributed by atoms with van der Waals surface area (Å²) in [5.74, 6) is 0.428. The second kappa shape index (κ2) is 9.15. The van der Waals surface area contributed by atoms with Crippen molar-refractivity contribution in [3.05, 3.63) is 23.8 Å². The molecule has 1 aliphatic heterocycles. The zero-order valence-electron chi connectivity index (χ0n) is 14.3. The Morgan fingerprint density at radius 3 is 2.46 bits per heavy atom. The van der Waals surface area contributed by atoms with E-state index in [0.717, 1.165) is 32.6 Å². The number of nitrogens with zero attached hydrogens (tertiary/aromatic N) is 2. The van der Waals surface area contributed by atoms with Crippen molar-refractivity contribution in [1.29, 1.82) is 0 Å². The SMILES string of the molecule is CCC(CO)N1CCN(Cc2cccc(OC)c2OC(F)F)CC1. The van der Waals surface area contributed by atoms with Crippen LogP contribution in [0.4, 0.5) is 8.78 Å². The summed E-state index contributed by atoms with van der Waals surface area (Å²) >= 11 is 0. The smallest absolute Gasteiger partial charge is 0.387 e. The summed E-state index contributed by atoms with van der Waals surface area (Å²) in [4.78, 5) is 4.48. The maximum Gasteiger partial charge on any atom is 0.387 e. The Kier molecular flexibility index (Phi) is 7.20. The minimum atomic E-state index is -2.88. The van der Waals surface area contributed by atoms with Crippen LogP contribution in [-0.2, 0) is 6.54 Å². The van der Waals surface area contributed by atoms with Crippen LogP contribution in [0.25, 0.3) is 0 Å². The van der Waals surface area contributed by atoms with E-state index in [2.05, 4.69) is 21.5 Å². The third-order valence-electron chi connectivity index (χ3n) is 4.49. The molecule has 1 aromatic carbocycles. The van der Waals surface area contributed by atoms with E-state index in [-0.39, 0.29) is 18.4 Å². The van der Waals surface area contributed by atoms with Crippen LogP contribution in [-0.4, -0.2) is 67.5 Å². The van der Waals surface area contributed by atoms with Crippen LogP contribution in [0.15, 0.2) is 18.2 Å². The molecule has 24 heavy (non-hydrogen) atoms. The number of para-hydroxylation sites is 1. The lowest BCUT2D eigenvalue weighted by atomic mass is 10.1. The lowest BCUT2D eigenvalue weighted by molar-refractivity contribution is -0.0523. The Hall–Kier alpha value is -1.44. The molecule has 1 aromatic rings. The van der Waals surface area contributed by atoms with Gasteiger partial charge in [0.2, 0.25) is 0 Å². The molecule has 1 atom stereocenters. The van der Waals surface area contributed by atoms with E-state index < -0.39 is 6.61 Å². The molecular weight excluding hydrogens is 318 g/mol. The molecule has 0 aromatic heterocycles. The van der Waals surface area contributed by atoms with Gasteiger partial charge in [-0.15, -0.1) is 0 Å². The quantitative estimate of drug-likeness (QED) is 0.783. The number of alkyl halides is 2. The Labute approximate surface area is 141 Å². The van der Waals surface area contributed by atoms with Crippen LogP contribution in [0.1, 0.15) is 18.9 Å². The van der Waals surface area contributed by atoms with E-state index in [1.54, 1.807) is 18.2 Å². The first-order chi connectivity index (χ1) is 11.6. The van der Waals surface area contributed by atoms with Crippen molar-refractivity contribution in [2.24, 2.45) is 0 Å². The van der Waals surface area contributed by atoms with Gasteiger partial charge in [-0.2, -0.15) is 8.78 Å². The normalized spacial score (nSPS) is 17.9. The molecule has 7 heteroatoms. The summed E-state index contributed by atoms with van der Waals surface area (Å²) in [7, 11) is 1.44. The average molecular weight is 344 g/mol. The molecule has 1 unspecified atom stereocenters. The number of hydrogen-bond donors (Lipinski definition) is 1. The van der Waals surface area contributed by atoms with Crippen molar-refractivity contribution in [1.82, 2.24) is 9.80 Å². The van der Waals surface area contributed by atoms with Gasteiger partial charge in [-0.1, -0.05) is 19.1 Å². The highest BCUT2D eigenvalue weighted by molar-refractivity contribution is 5.46. The van der Waals surface area contributed by atoms with Crippen molar-refractivity contribution >= 4 is 0 Å². The number of rotatable bonds is 8. The highest BCUT2D eigenvalue weighted by atomic mass is 19.3. The predicted octanol–water partition coefficient (Wildman–Crippen LogP) is 2.19. The number of aliphatic hydroxyl groups is 1. The fourth-order valence-corrected chi connectivity index (χ4v) is 3.10. The second-order valence-electron chi connectivity index (χ2n) is 5.88. The zero-order valence-corrected chi connectivity index (χ0v) is 14.3. The van der Waals surface area contributed by atoms with Gasteiger partial charge in [0, 0.05) is 44.3 Å². The molecule has 1 N–H and O–H groups in total. The molecule has 0 radical (unpaired) electrons. The number of benzene rings is 1. The summed E-state index contributed by atoms with van der Waals surface area (Å²) in [6.07, 6.45) is 0.915. The topological polar surface area (TPSA) is 45.2 Å². The van der Waals surface area contributed by atoms with Crippen LogP contribution in [0.2, 0.25) is 0 Å². The molecule has 1 aliphatic rings. The molecule has 1 heterocycles. The molecule has 2 rings (SSSR count). The highest BCUT2D eigenvalue weighted by Crippen LogP contribution is 2.33. The fraction of sp³-hybridized carbons (Fsp3) is 0.647. The van der Waals surface area contributed by atoms with Gasteiger partial charge < -0.3 is 14.6 Å². The van der Waals surface area contributed by atoms with Gasteiger partial charge in [-0.05, 0) is 12.5 Å². The van der Waals surface area contributed by atoms with E-state index in [9.17, 15) is 13.9 Å². The number of halogens is 2. The minimum absolute atomic E-state index is 0.110. The van der Waals surface area contributed by atoms with Crippen molar-refractivity contribution < 1.29 is 23.4 Å². The lowest BCUT2D eigenvalue weighted by Crippen LogP contribution is -2.50. The van der Waals surface area contributed by atoms with Crippen LogP contribution in [0.3, 0.4) is 0 Å². The second-order valence-corrected chi connectivity index (χ2v) is 5.88. The number of piperazine rings is 1. The molecule has 1 saturated heterocycles. The zero-order chi connectivity index (χ0) is 17.5. The summed E-state index contributed by atoms with van der Waals surface area (Å²) in [5.41, 5.74) is 0.692. The van der Waals surface area contributed by atoms with Gasteiger partial charge in [0.15, 0.2) is 11.5 Å². The number of ether oxygens (including phenoxy) is 2. The fourth-order valence-electron chi connectivity index (χ4n) is 3.10. The minimum Gasteiger partial charge on any atom is -0.493 e. The third-order valence-corrected chi connectivity index (χ3v) is 4.49. The summed E-state index contributed by atoms with van der Waals surface area (Å²) in [5, 5.41) is 9.40. The first-order valence-electron chi connectivity index (χ1n) is 8.27. The average Bonchev–Trinajstić information content (AvgIpc) is 2.58. The molecule has 0 aliphatic carbocycles. The van der Waals surface area contributed by atoms with Gasteiger partial charge in [0.05, 0.1) is 13.7 Å². The summed E-state index contributed by atoms with van der Waals surface area (Å²) < 4.78 is 35.2. The molecule has 0 amide bonds. The third kappa shape index (κ3) is 4.78. The van der Waals surface area contributed by atoms with Gasteiger partial charge in [-0.25, -0.2) is 0 Å². The van der Waals surface area contributed by atoms with Gasteiger partial charge in [0.25, 0.3) is 0 Å². The Balaban J connectivity index is 2.02. The van der Waals surface area contributed by atoms with Gasteiger partial charge in [-0.3, -0.25) is 9.80 Å². The Morgan fingerprint density at radius 1 is 1.21 bits per heavy atom. The van der Waals surface area contributed by atoms with E-state index in [0.29, 0.717) is 17.9 Å². The summed E-state index contributed by atoms with van der Waals surface area (Å²) in [6.45, 7) is 3.23. The number of aliphatic hydroxyl groups excluding tert-OH is 1. The monoisotopic (exact) mass is 344 g/mol. The molecular formula is C17H26F2N2O3. The predicted molar refractivity (Wildman–Crippen MR) is 87.6 cm³/mol. The molecule has 1 fully saturated rings. The Morgan fingerprint density at radius 2 is 1.92 bits per heavy atom. The van der Waals surface area contributed by atoms with Gasteiger partial charge in [0.1, 0.15) is 0 Å². The van der Waals surface area contributed by atoms with Crippen molar-refractivity contribution in [2.45, 2.75) is 32.5 Å². The maximum absolute atomic E-state index is 12.7. The molecule has 0 bridgehead atoms. The standard InChI is InChI=1S/C17H26F2N2O3/c1-3-14(12-22)21-9-7-20(8-10-21)11-13-5-4-6-15(23-2)16(13)24-17(18)19/h4-6,14,17,22H,3,7-12H2,1-2H3. The first-order valence-corrected chi connectivity index (χ1v) is 8.27. The van der Waals surface area contributed by atoms with Crippen molar-refractivity contribution in [2.75, 3.05) is 39.9 Å². The van der Waals surface area contributed by atoms with E-state index >= 15 is 0 Å². The Bertz CT molecular complexity index is 505. The van der Waals surface area contributed by atoms with Crippen LogP contribution < -0.4 is 9.47 Å². The molecule has 5 nitrogen and oxygen atoms in total. The number of hydrogen-bond acceptors (Lipinski definition) is 5. The van der Waals surface area contributed by atoms with Crippen molar-refractivity contribution in [3.8, 4) is 11.5 Å². The molecule has 0 spiro atoms. The first kappa shape index (κ1) is 18.9. The van der Waals surface area contributed by atoms with Crippen LogP contribution in [0, 0.1) is 0 Å². The molecule has 136 valence electrons. The van der Waals surface area contributed by atoms with E-state index in [1.807, 2.05) is 0 Å². The highest BCUT2D eigenvalue weighted by Gasteiger charge is 2.24. The van der Waals surface area contributed by atoms with Crippen LogP contribution in [0.5, 0.6) is 11.5 Å². The van der Waals surface area contributed by atoms with Crippen molar-refractivity contribution in [3.63, 3.8) is 0 Å².